The van der Waals surface area contributed by atoms with Gasteiger partial charge in [-0.2, -0.15) is 15.0 Å². The molecular weight excluding hydrogens is 491 g/mol. The molecule has 0 saturated carbocycles. The number of aromatic nitrogens is 4. The molecule has 5 N–H and O–H groups in total. The number of hydrogen-bond donors (Lipinski definition) is 4. The molecule has 3 aromatic rings. The van der Waals surface area contributed by atoms with Crippen LogP contribution < -0.4 is 25.8 Å². The average Bonchev–Trinajstić information content (AvgIpc) is 3.15. The molecule has 36 heavy (non-hydrogen) atoms. The number of carboxylic acid groups (broad SMARTS) is 1. The number of nitrogens with one attached hydrogen (secondary N) is 1. The van der Waals surface area contributed by atoms with Crippen LogP contribution >= 0.6 is 7.60 Å². The Kier molecular flexibility index (Phi) is 8.07. The summed E-state index contributed by atoms with van der Waals surface area (Å²) in [6.07, 6.45) is -1.16. The number of methoxy groups -OCH3 is 1. The highest BCUT2D eigenvalue weighted by Gasteiger charge is 2.29. The zero-order valence-electron chi connectivity index (χ0n) is 20.8. The van der Waals surface area contributed by atoms with E-state index in [0.29, 0.717) is 23.1 Å². The fourth-order valence-corrected chi connectivity index (χ4v) is 4.37. The third-order valence-corrected chi connectivity index (χ3v) is 6.90. The van der Waals surface area contributed by atoms with Crippen LogP contribution in [0.5, 0.6) is 12.0 Å². The van der Waals surface area contributed by atoms with Gasteiger partial charge in [0, 0.05) is 20.1 Å². The van der Waals surface area contributed by atoms with E-state index in [0.717, 1.165) is 0 Å². The predicted octanol–water partition coefficient (Wildman–Crippen LogP) is 2.37. The predicted molar refractivity (Wildman–Crippen MR) is 133 cm³/mol. The van der Waals surface area contributed by atoms with Crippen molar-refractivity contribution >= 4 is 36.0 Å². The lowest BCUT2D eigenvalue weighted by Gasteiger charge is -2.30. The first-order valence-electron chi connectivity index (χ1n) is 11.0. The van der Waals surface area contributed by atoms with Crippen molar-refractivity contribution < 1.29 is 33.4 Å². The number of nitrogen functional groups attached to an aromatic ring is 1. The molecule has 196 valence electrons. The number of fused-ring (bicyclic) bond motifs is 1. The summed E-state index contributed by atoms with van der Waals surface area (Å²) in [5, 5.41) is 11.4. The highest BCUT2D eigenvalue weighted by Crippen LogP contribution is 2.39. The Balaban J connectivity index is 1.99. The van der Waals surface area contributed by atoms with Gasteiger partial charge < -0.3 is 35.0 Å². The molecule has 3 rings (SSSR count). The Labute approximate surface area is 208 Å². The topological polar surface area (TPSA) is 184 Å². The first-order chi connectivity index (χ1) is 16.9. The normalized spacial score (nSPS) is 14.3. The molecule has 0 aliphatic heterocycles. The smallest absolute Gasteiger partial charge is 0.404 e. The molecule has 1 aromatic carbocycles. The van der Waals surface area contributed by atoms with Gasteiger partial charge in [-0.1, -0.05) is 32.9 Å². The van der Waals surface area contributed by atoms with Gasteiger partial charge in [0.15, 0.2) is 17.0 Å². The first kappa shape index (κ1) is 27.2. The van der Waals surface area contributed by atoms with Crippen molar-refractivity contribution in [2.75, 3.05) is 26.5 Å². The van der Waals surface area contributed by atoms with E-state index < -0.39 is 19.8 Å². The Morgan fingerprint density at radius 2 is 1.97 bits per heavy atom. The van der Waals surface area contributed by atoms with Gasteiger partial charge in [-0.25, -0.2) is 4.79 Å². The minimum absolute atomic E-state index is 0.00652. The second-order valence-electron chi connectivity index (χ2n) is 9.11. The van der Waals surface area contributed by atoms with E-state index >= 15 is 0 Å². The van der Waals surface area contributed by atoms with Crippen LogP contribution in [-0.4, -0.2) is 62.5 Å². The molecule has 0 saturated heterocycles. The van der Waals surface area contributed by atoms with Crippen molar-refractivity contribution in [2.45, 2.75) is 39.8 Å². The molecule has 2 unspecified atom stereocenters. The fourth-order valence-electron chi connectivity index (χ4n) is 3.56. The van der Waals surface area contributed by atoms with Crippen molar-refractivity contribution in [3.63, 3.8) is 0 Å². The molecule has 0 spiro atoms. The average molecular weight is 522 g/mol. The molecular formula is C22H31N6O7P. The van der Waals surface area contributed by atoms with Crippen LogP contribution in [0.2, 0.25) is 0 Å². The number of hydrogen-bond acceptors (Lipinski definition) is 9. The molecule has 0 aliphatic rings. The van der Waals surface area contributed by atoms with Crippen LogP contribution in [0.25, 0.3) is 11.2 Å². The summed E-state index contributed by atoms with van der Waals surface area (Å²) in [4.78, 5) is 34.0. The Morgan fingerprint density at radius 3 is 2.58 bits per heavy atom. The third-order valence-electron chi connectivity index (χ3n) is 5.47. The number of imidazole rings is 1. The maximum atomic E-state index is 12.3. The summed E-state index contributed by atoms with van der Waals surface area (Å²) in [6.45, 7) is 6.26. The molecule has 1 amide bonds. The SMILES string of the molecule is COc1nc2c(N)nc(OC(CCNC(=O)O)C(C)(C)C)nc2n1Cc1cccc(P(=O)(O)OC)c1. The maximum Gasteiger partial charge on any atom is 0.404 e. The number of carbonyl (C=O) groups is 1. The van der Waals surface area contributed by atoms with Crippen molar-refractivity contribution in [3.05, 3.63) is 29.8 Å². The van der Waals surface area contributed by atoms with Crippen LogP contribution in [0, 0.1) is 5.41 Å². The first-order valence-corrected chi connectivity index (χ1v) is 12.6. The Bertz CT molecular complexity index is 1290. The summed E-state index contributed by atoms with van der Waals surface area (Å²) < 4.78 is 30.1. The number of nitrogens with two attached hydrogens (primary N) is 1. The minimum Gasteiger partial charge on any atom is -0.468 e. The van der Waals surface area contributed by atoms with Crippen LogP contribution in [0.4, 0.5) is 10.6 Å². The van der Waals surface area contributed by atoms with Gasteiger partial charge in [-0.15, -0.1) is 0 Å². The summed E-state index contributed by atoms with van der Waals surface area (Å²) >= 11 is 0. The van der Waals surface area contributed by atoms with Crippen LogP contribution in [0.15, 0.2) is 24.3 Å². The lowest BCUT2D eigenvalue weighted by molar-refractivity contribution is 0.0700. The molecule has 2 heterocycles. The summed E-state index contributed by atoms with van der Waals surface area (Å²) in [6, 6.07) is 6.71. The number of anilines is 1. The lowest BCUT2D eigenvalue weighted by Crippen LogP contribution is -2.36. The number of ether oxygens (including phenoxy) is 2. The summed E-state index contributed by atoms with van der Waals surface area (Å²) in [5.74, 6) is 0.0800. The molecule has 0 aliphatic carbocycles. The standard InChI is InChI=1S/C22H31N6O7P/c1-22(2,3)15(9-10-24-21(29)30)35-19-26-17(23)16-18(27-19)28(20(25-16)33-4)12-13-7-6-8-14(11-13)36(31,32)34-5/h6-8,11,15,24H,9-10,12H2,1-5H3,(H,29,30)(H,31,32)(H2,23,26,27). The van der Waals surface area contributed by atoms with E-state index in [2.05, 4.69) is 20.3 Å². The number of rotatable bonds is 10. The Morgan fingerprint density at radius 1 is 1.25 bits per heavy atom. The molecule has 14 heteroatoms. The van der Waals surface area contributed by atoms with Gasteiger partial charge >= 0.3 is 19.7 Å². The molecule has 2 atom stereocenters. The number of amides is 1. The third kappa shape index (κ3) is 6.23. The van der Waals surface area contributed by atoms with Crippen molar-refractivity contribution in [1.82, 2.24) is 24.8 Å². The van der Waals surface area contributed by atoms with Gasteiger partial charge in [0.05, 0.1) is 19.0 Å². The molecule has 0 fully saturated rings. The highest BCUT2D eigenvalue weighted by atomic mass is 31.2. The van der Waals surface area contributed by atoms with Gasteiger partial charge in [0.1, 0.15) is 6.10 Å². The highest BCUT2D eigenvalue weighted by molar-refractivity contribution is 7.61. The lowest BCUT2D eigenvalue weighted by atomic mass is 9.87. The van der Waals surface area contributed by atoms with Crippen molar-refractivity contribution in [2.24, 2.45) is 5.41 Å². The molecule has 0 bridgehead atoms. The van der Waals surface area contributed by atoms with Crippen LogP contribution in [0.1, 0.15) is 32.8 Å². The molecule has 2 aromatic heterocycles. The minimum atomic E-state index is -3.94. The van der Waals surface area contributed by atoms with Gasteiger partial charge in [0.2, 0.25) is 0 Å². The van der Waals surface area contributed by atoms with E-state index in [1.165, 1.54) is 20.3 Å². The second-order valence-corrected chi connectivity index (χ2v) is 11.0. The summed E-state index contributed by atoms with van der Waals surface area (Å²) in [7, 11) is -1.31. The molecule has 0 radical (unpaired) electrons. The van der Waals surface area contributed by atoms with Crippen LogP contribution in [-0.2, 0) is 15.6 Å². The van der Waals surface area contributed by atoms with E-state index in [-0.39, 0.29) is 41.6 Å². The summed E-state index contributed by atoms with van der Waals surface area (Å²) in [5.41, 5.74) is 7.13. The van der Waals surface area contributed by atoms with Gasteiger partial charge in [0.25, 0.3) is 6.01 Å². The van der Waals surface area contributed by atoms with E-state index in [1.807, 2.05) is 20.8 Å². The quantitative estimate of drug-likeness (QED) is 0.287. The van der Waals surface area contributed by atoms with Gasteiger partial charge in [-0.05, 0) is 23.1 Å². The maximum absolute atomic E-state index is 12.3. The zero-order valence-corrected chi connectivity index (χ0v) is 21.7. The fraction of sp³-hybridized carbons (Fsp3) is 0.455. The van der Waals surface area contributed by atoms with E-state index in [1.54, 1.807) is 22.8 Å². The van der Waals surface area contributed by atoms with E-state index in [4.69, 9.17) is 24.8 Å². The zero-order chi connectivity index (χ0) is 26.7. The van der Waals surface area contributed by atoms with E-state index in [9.17, 15) is 14.3 Å². The van der Waals surface area contributed by atoms with Gasteiger partial charge in [-0.3, -0.25) is 9.13 Å². The van der Waals surface area contributed by atoms with Crippen molar-refractivity contribution in [1.29, 1.82) is 0 Å². The Hall–Kier alpha value is -3.41. The monoisotopic (exact) mass is 522 g/mol. The second kappa shape index (κ2) is 10.7. The number of nitrogens with zero attached hydrogens (tertiary/aromatic N) is 4. The largest absolute Gasteiger partial charge is 0.468 e. The number of benzene rings is 1. The molecule has 13 nitrogen and oxygen atoms in total. The van der Waals surface area contributed by atoms with Crippen molar-refractivity contribution in [3.8, 4) is 12.0 Å². The van der Waals surface area contributed by atoms with Crippen LogP contribution in [0.3, 0.4) is 0 Å².